The summed E-state index contributed by atoms with van der Waals surface area (Å²) in [6, 6.07) is 0. The van der Waals surface area contributed by atoms with Crippen molar-refractivity contribution < 1.29 is 59.9 Å². The molecule has 54 heavy (non-hydrogen) atoms. The lowest BCUT2D eigenvalue weighted by Gasteiger charge is -2.73. The summed E-state index contributed by atoms with van der Waals surface area (Å²) in [6.07, 6.45) is -0.302. The largest absolute Gasteiger partial charge is 0.481 e. The first kappa shape index (κ1) is 40.5. The number of ether oxygens (including phenoxy) is 2. The highest BCUT2D eigenvalue weighted by Crippen LogP contribution is 2.77. The van der Waals surface area contributed by atoms with Crippen LogP contribution in [0, 0.1) is 68.0 Å². The Morgan fingerprint density at radius 2 is 1.63 bits per heavy atom. The minimum Gasteiger partial charge on any atom is -0.481 e. The van der Waals surface area contributed by atoms with Gasteiger partial charge < -0.3 is 55.6 Å². The molecule has 0 radical (unpaired) electrons. The Bertz CT molecular complexity index is 1510. The van der Waals surface area contributed by atoms with Crippen LogP contribution in [-0.2, 0) is 19.1 Å². The van der Waals surface area contributed by atoms with Gasteiger partial charge in [-0.2, -0.15) is 0 Å². The second kappa shape index (κ2) is 13.7. The number of carbonyl (C=O) groups is 2. The van der Waals surface area contributed by atoms with Gasteiger partial charge >= 0.3 is 5.97 Å². The third-order valence-corrected chi connectivity index (χ3v) is 17.7. The zero-order valence-electron chi connectivity index (χ0n) is 32.6. The van der Waals surface area contributed by atoms with Crippen LogP contribution in [0.3, 0.4) is 0 Å². The molecule has 2 saturated heterocycles. The van der Waals surface area contributed by atoms with E-state index in [0.29, 0.717) is 57.9 Å². The van der Waals surface area contributed by atoms with Crippen LogP contribution in [0.25, 0.3) is 0 Å². The molecule has 13 nitrogen and oxygen atoms in total. The fraction of sp³-hybridized carbons (Fsp3) is 0.902. The third kappa shape index (κ3) is 5.49. The van der Waals surface area contributed by atoms with E-state index in [1.807, 2.05) is 6.92 Å². The van der Waals surface area contributed by atoms with E-state index in [2.05, 4.69) is 39.1 Å². The van der Waals surface area contributed by atoms with Gasteiger partial charge in [0.05, 0.1) is 43.4 Å². The van der Waals surface area contributed by atoms with E-state index in [9.17, 15) is 50.4 Å². The lowest BCUT2D eigenvalue weighted by Crippen LogP contribution is -2.72. The summed E-state index contributed by atoms with van der Waals surface area (Å²) in [7, 11) is 0. The summed E-state index contributed by atoms with van der Waals surface area (Å²) < 4.78 is 12.1. The lowest BCUT2D eigenvalue weighted by atomic mass is 9.31. The number of amides is 1. The van der Waals surface area contributed by atoms with Gasteiger partial charge in [0, 0.05) is 18.6 Å². The summed E-state index contributed by atoms with van der Waals surface area (Å²) in [5.41, 5.74) is -2.48. The summed E-state index contributed by atoms with van der Waals surface area (Å²) in [5, 5.41) is 90.2. The zero-order chi connectivity index (χ0) is 39.4. The number of hydrogen-bond acceptors (Lipinski definition) is 11. The predicted molar refractivity (Wildman–Crippen MR) is 194 cm³/mol. The first-order valence-corrected chi connectivity index (χ1v) is 20.4. The van der Waals surface area contributed by atoms with Gasteiger partial charge in [0.1, 0.15) is 18.3 Å². The number of carboxylic acid groups (broad SMARTS) is 1. The van der Waals surface area contributed by atoms with Crippen molar-refractivity contribution >= 4 is 11.9 Å². The number of rotatable bonds is 8. The molecule has 7 aliphatic rings. The van der Waals surface area contributed by atoms with Gasteiger partial charge in [0.15, 0.2) is 6.29 Å². The maximum absolute atomic E-state index is 13.2. The summed E-state index contributed by atoms with van der Waals surface area (Å²) >= 11 is 0. The SMILES string of the molecule is CC1(CO)CCC2(C(=O)O)CCC3(C)C(=CCC4C5(C)C(CC6CNC(=O)C6CO)C(O)C(OC6OCC(O)C(O)C6O)C(C)(CO)C5CCC43C)C2C1. The quantitative estimate of drug-likeness (QED) is 0.127. The first-order chi connectivity index (χ1) is 25.3. The van der Waals surface area contributed by atoms with Gasteiger partial charge in [-0.3, -0.25) is 9.59 Å². The number of allylic oxidation sites excluding steroid dienone is 2. The second-order valence-corrected chi connectivity index (χ2v) is 19.9. The number of fused-ring (bicyclic) bond motifs is 7. The zero-order valence-corrected chi connectivity index (χ0v) is 32.6. The molecule has 18 atom stereocenters. The van der Waals surface area contributed by atoms with Crippen molar-refractivity contribution in [3.05, 3.63) is 11.6 Å². The van der Waals surface area contributed by atoms with E-state index in [1.54, 1.807) is 0 Å². The molecule has 18 unspecified atom stereocenters. The molecule has 0 aromatic carbocycles. The molecule has 4 saturated carbocycles. The molecule has 2 aliphatic heterocycles. The van der Waals surface area contributed by atoms with Crippen LogP contribution in [0.5, 0.6) is 0 Å². The van der Waals surface area contributed by atoms with Gasteiger partial charge in [0.2, 0.25) is 5.91 Å². The van der Waals surface area contributed by atoms with Crippen molar-refractivity contribution in [1.29, 1.82) is 0 Å². The van der Waals surface area contributed by atoms with Crippen LogP contribution in [-0.4, -0.2) is 123 Å². The number of hydrogen-bond donors (Lipinski definition) is 9. The Kier molecular flexibility index (Phi) is 10.3. The van der Waals surface area contributed by atoms with Crippen LogP contribution in [0.1, 0.15) is 92.4 Å². The summed E-state index contributed by atoms with van der Waals surface area (Å²) in [5.74, 6) is -2.87. The molecule has 0 aromatic heterocycles. The summed E-state index contributed by atoms with van der Waals surface area (Å²) in [6.45, 7) is 10.2. The number of aliphatic hydroxyl groups is 7. The average molecular weight is 764 g/mol. The Labute approximate surface area is 318 Å². The van der Waals surface area contributed by atoms with E-state index >= 15 is 0 Å². The Balaban J connectivity index is 1.33. The molecule has 0 bridgehead atoms. The maximum atomic E-state index is 13.2. The Morgan fingerprint density at radius 1 is 0.926 bits per heavy atom. The molecular formula is C41H65NO12. The normalized spacial score (nSPS) is 54.4. The van der Waals surface area contributed by atoms with Crippen LogP contribution < -0.4 is 5.32 Å². The van der Waals surface area contributed by atoms with Gasteiger partial charge in [-0.15, -0.1) is 0 Å². The maximum Gasteiger partial charge on any atom is 0.310 e. The minimum absolute atomic E-state index is 0.00120. The smallest absolute Gasteiger partial charge is 0.310 e. The van der Waals surface area contributed by atoms with Gasteiger partial charge in [-0.1, -0.05) is 46.3 Å². The highest BCUT2D eigenvalue weighted by atomic mass is 16.7. The number of carbonyl (C=O) groups excluding carboxylic acids is 1. The molecule has 13 heteroatoms. The summed E-state index contributed by atoms with van der Waals surface area (Å²) in [4.78, 5) is 26.1. The van der Waals surface area contributed by atoms with Crippen LogP contribution >= 0.6 is 0 Å². The molecule has 9 N–H and O–H groups in total. The average Bonchev–Trinajstić information content (AvgIpc) is 3.50. The first-order valence-electron chi connectivity index (χ1n) is 20.4. The van der Waals surface area contributed by atoms with Crippen molar-refractivity contribution in [3.8, 4) is 0 Å². The minimum atomic E-state index is -1.60. The predicted octanol–water partition coefficient (Wildman–Crippen LogP) is 1.58. The van der Waals surface area contributed by atoms with E-state index in [-0.39, 0.29) is 72.3 Å². The molecule has 0 aromatic rings. The van der Waals surface area contributed by atoms with Crippen LogP contribution in [0.4, 0.5) is 0 Å². The van der Waals surface area contributed by atoms with Gasteiger partial charge in [-0.25, -0.2) is 0 Å². The highest BCUT2D eigenvalue weighted by Gasteiger charge is 2.73. The molecule has 5 aliphatic carbocycles. The van der Waals surface area contributed by atoms with E-state index in [1.165, 1.54) is 5.57 Å². The highest BCUT2D eigenvalue weighted by molar-refractivity contribution is 5.81. The van der Waals surface area contributed by atoms with Crippen molar-refractivity contribution in [2.24, 2.45) is 68.0 Å². The third-order valence-electron chi connectivity index (χ3n) is 17.7. The van der Waals surface area contributed by atoms with Gasteiger partial charge in [-0.05, 0) is 109 Å². The van der Waals surface area contributed by atoms with E-state index in [0.717, 1.165) is 6.42 Å². The van der Waals surface area contributed by atoms with Crippen molar-refractivity contribution in [3.63, 3.8) is 0 Å². The van der Waals surface area contributed by atoms with Crippen molar-refractivity contribution in [2.75, 3.05) is 33.0 Å². The molecule has 2 heterocycles. The van der Waals surface area contributed by atoms with Crippen LogP contribution in [0.15, 0.2) is 11.6 Å². The number of aliphatic carboxylic acids is 1. The number of aliphatic hydroxyl groups excluding tert-OH is 7. The van der Waals surface area contributed by atoms with E-state index in [4.69, 9.17) is 9.47 Å². The second-order valence-electron chi connectivity index (χ2n) is 19.9. The molecule has 6 fully saturated rings. The molecule has 306 valence electrons. The van der Waals surface area contributed by atoms with Crippen LogP contribution in [0.2, 0.25) is 0 Å². The lowest BCUT2D eigenvalue weighted by molar-refractivity contribution is -0.340. The Morgan fingerprint density at radius 3 is 2.28 bits per heavy atom. The van der Waals surface area contributed by atoms with Crippen molar-refractivity contribution in [1.82, 2.24) is 5.32 Å². The topological polar surface area (TPSA) is 226 Å². The molecule has 7 rings (SSSR count). The van der Waals surface area contributed by atoms with Gasteiger partial charge in [0.25, 0.3) is 0 Å². The number of carboxylic acids is 1. The molecular weight excluding hydrogens is 698 g/mol. The van der Waals surface area contributed by atoms with E-state index < -0.39 is 70.9 Å². The number of nitrogens with one attached hydrogen (secondary N) is 1. The fourth-order valence-electron chi connectivity index (χ4n) is 14.1. The monoisotopic (exact) mass is 763 g/mol. The molecule has 1 amide bonds. The fourth-order valence-corrected chi connectivity index (χ4v) is 14.1. The Hall–Kier alpha value is -1.68. The molecule has 0 spiro atoms. The van der Waals surface area contributed by atoms with Crippen molar-refractivity contribution in [2.45, 2.75) is 129 Å². The standard InChI is InChI=1S/C41H65NO12/c1-36(19-44)10-12-41(35(51)52)13-11-38(3)23(25(41)15-36)6-7-28-39(38,4)9-8-27-37(2,20-45)32(54-34-31(49)30(48)26(46)18-53-34)29(47)24(40(27,28)5)14-21-16-42-33(50)22(21)17-43/h6,21-22,24-32,34,43-49H,7-20H2,1-5H3,(H,42,50)(H,51,52).